The highest BCUT2D eigenvalue weighted by atomic mass is 14.7. The van der Waals surface area contributed by atoms with Gasteiger partial charge in [-0.1, -0.05) is 0 Å². The summed E-state index contributed by atoms with van der Waals surface area (Å²) in [6.45, 7) is 0. The molecular formula is C14H20. The van der Waals surface area contributed by atoms with E-state index in [0.717, 1.165) is 0 Å². The number of hydrogen-bond acceptors (Lipinski definition) is 0. The van der Waals surface area contributed by atoms with Gasteiger partial charge in [-0.3, -0.25) is 0 Å². The summed E-state index contributed by atoms with van der Waals surface area (Å²) in [5.41, 5.74) is 0. The quantitative estimate of drug-likeness (QED) is 0.547. The van der Waals surface area contributed by atoms with E-state index >= 15 is 0 Å². The Hall–Kier alpha value is 0. The molecule has 0 heterocycles. The molecule has 0 atom stereocenters. The standard InChI is InChI=1S/C14H20/c1-7-2-11-12-4-8-3-10(14(12)6-8)9(1)13(11)5-7/h7-14H,1-6H2. The molecule has 0 N–H and O–H groups in total. The molecule has 0 aromatic carbocycles. The lowest BCUT2D eigenvalue weighted by atomic mass is 9.55. The van der Waals surface area contributed by atoms with Gasteiger partial charge in [-0.05, 0) is 85.9 Å². The summed E-state index contributed by atoms with van der Waals surface area (Å²) in [6.07, 6.45) is 9.92. The van der Waals surface area contributed by atoms with E-state index in [-0.39, 0.29) is 0 Å². The van der Waals surface area contributed by atoms with Gasteiger partial charge < -0.3 is 0 Å². The lowest BCUT2D eigenvalue weighted by molar-refractivity contribution is -0.0105. The fraction of sp³-hybridized carbons (Fsp3) is 1.00. The summed E-state index contributed by atoms with van der Waals surface area (Å²) in [4.78, 5) is 0. The number of hydrogen-bond donors (Lipinski definition) is 0. The summed E-state index contributed by atoms with van der Waals surface area (Å²) in [7, 11) is 0. The van der Waals surface area contributed by atoms with Crippen LogP contribution in [0.25, 0.3) is 0 Å². The van der Waals surface area contributed by atoms with E-state index in [1.807, 2.05) is 0 Å². The minimum atomic E-state index is 1.19. The van der Waals surface area contributed by atoms with Gasteiger partial charge in [0, 0.05) is 0 Å². The van der Waals surface area contributed by atoms with Crippen LogP contribution in [0, 0.1) is 47.3 Å². The number of fused-ring (bicyclic) bond motifs is 4. The Kier molecular flexibility index (Phi) is 1.08. The van der Waals surface area contributed by atoms with E-state index < -0.39 is 0 Å². The Morgan fingerprint density at radius 2 is 0.571 bits per heavy atom. The van der Waals surface area contributed by atoms with Gasteiger partial charge in [-0.15, -0.1) is 0 Å². The third-order valence-electron chi connectivity index (χ3n) is 6.93. The van der Waals surface area contributed by atoms with E-state index in [4.69, 9.17) is 0 Å². The second-order valence-electron chi connectivity index (χ2n) is 7.13. The van der Waals surface area contributed by atoms with E-state index in [0.29, 0.717) is 0 Å². The van der Waals surface area contributed by atoms with Crippen molar-refractivity contribution in [3.05, 3.63) is 0 Å². The first kappa shape index (κ1) is 7.30. The zero-order chi connectivity index (χ0) is 8.86. The van der Waals surface area contributed by atoms with Crippen LogP contribution in [0.5, 0.6) is 0 Å². The molecule has 4 bridgehead atoms. The van der Waals surface area contributed by atoms with Crippen LogP contribution in [0.15, 0.2) is 0 Å². The van der Waals surface area contributed by atoms with Crippen LogP contribution in [0.1, 0.15) is 38.5 Å². The average molecular weight is 188 g/mol. The topological polar surface area (TPSA) is 0 Å². The molecule has 5 saturated carbocycles. The van der Waals surface area contributed by atoms with Crippen molar-refractivity contribution in [3.63, 3.8) is 0 Å². The maximum absolute atomic E-state index is 1.65. The van der Waals surface area contributed by atoms with Crippen molar-refractivity contribution in [1.82, 2.24) is 0 Å². The van der Waals surface area contributed by atoms with Crippen molar-refractivity contribution in [3.8, 4) is 0 Å². The van der Waals surface area contributed by atoms with Gasteiger partial charge >= 0.3 is 0 Å². The maximum Gasteiger partial charge on any atom is -0.0349 e. The first-order chi connectivity index (χ1) is 6.90. The Balaban J connectivity index is 1.65. The monoisotopic (exact) mass is 188 g/mol. The summed E-state index contributed by atoms with van der Waals surface area (Å²) in [6, 6.07) is 0. The fourth-order valence-corrected chi connectivity index (χ4v) is 6.89. The van der Waals surface area contributed by atoms with E-state index in [2.05, 4.69) is 0 Å². The minimum absolute atomic E-state index is 1.19. The Labute approximate surface area is 86.5 Å². The predicted molar refractivity (Wildman–Crippen MR) is 55.6 cm³/mol. The van der Waals surface area contributed by atoms with E-state index in [1.54, 1.807) is 38.5 Å². The summed E-state index contributed by atoms with van der Waals surface area (Å²) in [5, 5.41) is 0. The normalized spacial score (nSPS) is 72.0. The van der Waals surface area contributed by atoms with Crippen molar-refractivity contribution >= 4 is 0 Å². The largest absolute Gasteiger partial charge is 0.0470 e. The van der Waals surface area contributed by atoms with Crippen molar-refractivity contribution in [2.45, 2.75) is 38.5 Å². The highest BCUT2D eigenvalue weighted by Crippen LogP contribution is 2.71. The molecule has 5 fully saturated rings. The van der Waals surface area contributed by atoms with Crippen molar-refractivity contribution in [1.29, 1.82) is 0 Å². The van der Waals surface area contributed by atoms with Crippen LogP contribution in [-0.2, 0) is 0 Å². The van der Waals surface area contributed by atoms with Gasteiger partial charge in [0.05, 0.1) is 0 Å². The minimum Gasteiger partial charge on any atom is -0.0470 e. The second kappa shape index (κ2) is 2.08. The molecule has 0 radical (unpaired) electrons. The van der Waals surface area contributed by atoms with Gasteiger partial charge in [0.15, 0.2) is 0 Å². The highest BCUT2D eigenvalue weighted by molar-refractivity contribution is 5.12. The molecule has 0 heteroatoms. The molecule has 0 spiro atoms. The Bertz CT molecular complexity index is 240. The zero-order valence-corrected chi connectivity index (χ0v) is 8.86. The SMILES string of the molecule is C1C2CC3C1C(C2)C1CC2CC1C3C2. The maximum atomic E-state index is 1.65. The molecule has 14 heavy (non-hydrogen) atoms. The summed E-state index contributed by atoms with van der Waals surface area (Å²) < 4.78 is 0. The van der Waals surface area contributed by atoms with Gasteiger partial charge in [0.25, 0.3) is 0 Å². The van der Waals surface area contributed by atoms with Crippen LogP contribution in [0.4, 0.5) is 0 Å². The molecule has 5 aliphatic carbocycles. The van der Waals surface area contributed by atoms with Crippen LogP contribution in [0.2, 0.25) is 0 Å². The van der Waals surface area contributed by atoms with Crippen LogP contribution in [-0.4, -0.2) is 0 Å². The molecule has 0 nitrogen and oxygen atoms in total. The van der Waals surface area contributed by atoms with Crippen molar-refractivity contribution < 1.29 is 0 Å². The van der Waals surface area contributed by atoms with Gasteiger partial charge in [0.1, 0.15) is 0 Å². The van der Waals surface area contributed by atoms with Crippen LogP contribution >= 0.6 is 0 Å². The third-order valence-corrected chi connectivity index (χ3v) is 6.93. The molecule has 0 aliphatic heterocycles. The van der Waals surface area contributed by atoms with Crippen molar-refractivity contribution in [2.75, 3.05) is 0 Å². The van der Waals surface area contributed by atoms with E-state index in [9.17, 15) is 0 Å². The molecule has 76 valence electrons. The van der Waals surface area contributed by atoms with Gasteiger partial charge in [-0.25, -0.2) is 0 Å². The Morgan fingerprint density at radius 3 is 0.714 bits per heavy atom. The molecular weight excluding hydrogens is 168 g/mol. The van der Waals surface area contributed by atoms with Crippen LogP contribution in [0.3, 0.4) is 0 Å². The highest BCUT2D eigenvalue weighted by Gasteiger charge is 2.63. The molecule has 5 aliphatic rings. The molecule has 0 saturated heterocycles. The smallest absolute Gasteiger partial charge is 0.0349 e. The lowest BCUT2D eigenvalue weighted by Crippen LogP contribution is -2.43. The average Bonchev–Trinajstić information content (AvgIpc) is 2.89. The van der Waals surface area contributed by atoms with Gasteiger partial charge in [-0.2, -0.15) is 0 Å². The summed E-state index contributed by atoms with van der Waals surface area (Å²) >= 11 is 0. The first-order valence-corrected chi connectivity index (χ1v) is 6.90. The van der Waals surface area contributed by atoms with Gasteiger partial charge in [0.2, 0.25) is 0 Å². The number of rotatable bonds is 0. The molecule has 0 unspecified atom stereocenters. The third kappa shape index (κ3) is 0.630. The molecule has 0 aromatic heterocycles. The molecule has 0 amide bonds. The predicted octanol–water partition coefficient (Wildman–Crippen LogP) is 3.32. The fourth-order valence-electron chi connectivity index (χ4n) is 6.89. The lowest BCUT2D eigenvalue weighted by Gasteiger charge is -2.49. The molecule has 5 rings (SSSR count). The summed E-state index contributed by atoms with van der Waals surface area (Å²) in [5.74, 6) is 9.74. The zero-order valence-electron chi connectivity index (χ0n) is 8.86. The Morgan fingerprint density at radius 1 is 0.357 bits per heavy atom. The molecule has 0 aromatic rings. The van der Waals surface area contributed by atoms with E-state index in [1.165, 1.54) is 47.3 Å². The van der Waals surface area contributed by atoms with Crippen molar-refractivity contribution in [2.24, 2.45) is 47.3 Å². The van der Waals surface area contributed by atoms with Crippen LogP contribution < -0.4 is 0 Å². The first-order valence-electron chi connectivity index (χ1n) is 6.90. The second-order valence-corrected chi connectivity index (χ2v) is 7.13.